The minimum Gasteiger partial charge on any atom is -0.493 e. The Labute approximate surface area is 90.2 Å². The highest BCUT2D eigenvalue weighted by Gasteiger charge is 2.27. The van der Waals surface area contributed by atoms with Crippen LogP contribution in [-0.2, 0) is 0 Å². The monoisotopic (exact) mass is 207 g/mol. The molecule has 0 saturated heterocycles. The molecule has 2 rings (SSSR count). The molecule has 0 aromatic heterocycles. The van der Waals surface area contributed by atoms with Crippen LogP contribution in [0.3, 0.4) is 0 Å². The highest BCUT2D eigenvalue weighted by Crippen LogP contribution is 2.39. The van der Waals surface area contributed by atoms with E-state index in [2.05, 4.69) is 12.1 Å². The second kappa shape index (κ2) is 4.11. The van der Waals surface area contributed by atoms with E-state index in [1.807, 2.05) is 6.07 Å². The van der Waals surface area contributed by atoms with Crippen LogP contribution in [0.1, 0.15) is 24.3 Å². The zero-order valence-corrected chi connectivity index (χ0v) is 9.19. The predicted molar refractivity (Wildman–Crippen MR) is 59.5 cm³/mol. The van der Waals surface area contributed by atoms with Gasteiger partial charge in [-0.05, 0) is 36.5 Å². The Balaban J connectivity index is 2.19. The number of ether oxygens (including phenoxy) is 2. The van der Waals surface area contributed by atoms with Crippen LogP contribution >= 0.6 is 0 Å². The van der Waals surface area contributed by atoms with Gasteiger partial charge in [-0.3, -0.25) is 0 Å². The summed E-state index contributed by atoms with van der Waals surface area (Å²) in [6, 6.07) is 6.48. The molecular weight excluding hydrogens is 190 g/mol. The van der Waals surface area contributed by atoms with Crippen molar-refractivity contribution in [2.45, 2.75) is 24.8 Å². The first kappa shape index (κ1) is 10.3. The lowest BCUT2D eigenvalue weighted by atomic mass is 9.76. The van der Waals surface area contributed by atoms with Crippen LogP contribution in [0.5, 0.6) is 11.5 Å². The highest BCUT2D eigenvalue weighted by atomic mass is 16.5. The van der Waals surface area contributed by atoms with Gasteiger partial charge in [0.15, 0.2) is 11.5 Å². The van der Waals surface area contributed by atoms with Gasteiger partial charge in [-0.25, -0.2) is 0 Å². The summed E-state index contributed by atoms with van der Waals surface area (Å²) in [5, 5.41) is 0. The third kappa shape index (κ3) is 1.92. The Bertz CT molecular complexity index is 345. The molecule has 0 bridgehead atoms. The van der Waals surface area contributed by atoms with Gasteiger partial charge in [-0.2, -0.15) is 0 Å². The lowest BCUT2D eigenvalue weighted by Crippen LogP contribution is -2.34. The van der Waals surface area contributed by atoms with E-state index in [0.717, 1.165) is 24.3 Å². The zero-order valence-electron chi connectivity index (χ0n) is 9.19. The maximum atomic E-state index is 5.78. The summed E-state index contributed by atoms with van der Waals surface area (Å²) in [5.74, 6) is 2.18. The zero-order chi connectivity index (χ0) is 10.8. The molecule has 1 fully saturated rings. The number of methoxy groups -OCH3 is 2. The topological polar surface area (TPSA) is 44.5 Å². The second-order valence-electron chi connectivity index (χ2n) is 4.04. The smallest absolute Gasteiger partial charge is 0.160 e. The normalized spacial score (nSPS) is 24.5. The minimum atomic E-state index is 0.378. The molecular formula is C12H17NO2. The standard InChI is InChI=1S/C12H17NO2/c1-14-11-4-3-8(7-12(11)15-2)9-5-10(13)6-9/h3-4,7,9-10H,5-6,13H2,1-2H3. The fourth-order valence-corrected chi connectivity index (χ4v) is 2.04. The van der Waals surface area contributed by atoms with Gasteiger partial charge in [0, 0.05) is 6.04 Å². The molecule has 1 aromatic carbocycles. The quantitative estimate of drug-likeness (QED) is 0.823. The molecule has 2 N–H and O–H groups in total. The molecule has 1 saturated carbocycles. The number of hydrogen-bond donors (Lipinski definition) is 1. The van der Waals surface area contributed by atoms with E-state index in [0.29, 0.717) is 12.0 Å². The maximum Gasteiger partial charge on any atom is 0.160 e. The van der Waals surface area contributed by atoms with E-state index in [-0.39, 0.29) is 0 Å². The van der Waals surface area contributed by atoms with Crippen molar-refractivity contribution in [2.75, 3.05) is 14.2 Å². The van der Waals surface area contributed by atoms with Gasteiger partial charge in [0.2, 0.25) is 0 Å². The van der Waals surface area contributed by atoms with Gasteiger partial charge in [0.25, 0.3) is 0 Å². The van der Waals surface area contributed by atoms with E-state index in [9.17, 15) is 0 Å². The van der Waals surface area contributed by atoms with Crippen molar-refractivity contribution in [2.24, 2.45) is 5.73 Å². The molecule has 0 amide bonds. The summed E-state index contributed by atoms with van der Waals surface area (Å²) < 4.78 is 10.5. The van der Waals surface area contributed by atoms with Crippen LogP contribution in [0, 0.1) is 0 Å². The Morgan fingerprint density at radius 1 is 1.13 bits per heavy atom. The molecule has 1 aliphatic rings. The van der Waals surface area contributed by atoms with Gasteiger partial charge in [-0.15, -0.1) is 0 Å². The molecule has 15 heavy (non-hydrogen) atoms. The lowest BCUT2D eigenvalue weighted by molar-refractivity contribution is 0.340. The summed E-state index contributed by atoms with van der Waals surface area (Å²) in [6.07, 6.45) is 2.16. The Kier molecular flexibility index (Phi) is 2.82. The van der Waals surface area contributed by atoms with Crippen molar-refractivity contribution in [3.63, 3.8) is 0 Å². The average Bonchev–Trinajstić information content (AvgIpc) is 2.24. The first-order valence-corrected chi connectivity index (χ1v) is 5.22. The number of rotatable bonds is 3. The molecule has 0 unspecified atom stereocenters. The summed E-state index contributed by atoms with van der Waals surface area (Å²) >= 11 is 0. The Morgan fingerprint density at radius 3 is 2.33 bits per heavy atom. The molecule has 0 aliphatic heterocycles. The van der Waals surface area contributed by atoms with Gasteiger partial charge >= 0.3 is 0 Å². The largest absolute Gasteiger partial charge is 0.493 e. The molecule has 1 aliphatic carbocycles. The van der Waals surface area contributed by atoms with Gasteiger partial charge in [-0.1, -0.05) is 6.07 Å². The van der Waals surface area contributed by atoms with E-state index < -0.39 is 0 Å². The number of hydrogen-bond acceptors (Lipinski definition) is 3. The Morgan fingerprint density at radius 2 is 1.80 bits per heavy atom. The van der Waals surface area contributed by atoms with Crippen LogP contribution in [0.2, 0.25) is 0 Å². The van der Waals surface area contributed by atoms with E-state index in [1.165, 1.54) is 5.56 Å². The average molecular weight is 207 g/mol. The van der Waals surface area contributed by atoms with Crippen molar-refractivity contribution >= 4 is 0 Å². The molecule has 1 aromatic rings. The van der Waals surface area contributed by atoms with E-state index in [1.54, 1.807) is 14.2 Å². The SMILES string of the molecule is COc1ccc(C2CC(N)C2)cc1OC. The van der Waals surface area contributed by atoms with Crippen molar-refractivity contribution in [1.29, 1.82) is 0 Å². The molecule has 82 valence electrons. The van der Waals surface area contributed by atoms with Crippen LogP contribution in [0.4, 0.5) is 0 Å². The van der Waals surface area contributed by atoms with Crippen molar-refractivity contribution in [1.82, 2.24) is 0 Å². The first-order valence-electron chi connectivity index (χ1n) is 5.22. The molecule has 3 heteroatoms. The molecule has 0 heterocycles. The van der Waals surface area contributed by atoms with Crippen molar-refractivity contribution in [3.05, 3.63) is 23.8 Å². The number of benzene rings is 1. The lowest BCUT2D eigenvalue weighted by Gasteiger charge is -2.33. The van der Waals surface area contributed by atoms with Crippen LogP contribution < -0.4 is 15.2 Å². The van der Waals surface area contributed by atoms with Crippen molar-refractivity contribution in [3.8, 4) is 11.5 Å². The predicted octanol–water partition coefficient (Wildman–Crippen LogP) is 1.91. The van der Waals surface area contributed by atoms with Gasteiger partial charge in [0.1, 0.15) is 0 Å². The van der Waals surface area contributed by atoms with Crippen molar-refractivity contribution < 1.29 is 9.47 Å². The molecule has 0 spiro atoms. The summed E-state index contributed by atoms with van der Waals surface area (Å²) in [5.41, 5.74) is 7.08. The van der Waals surface area contributed by atoms with Crippen LogP contribution in [-0.4, -0.2) is 20.3 Å². The second-order valence-corrected chi connectivity index (χ2v) is 4.04. The van der Waals surface area contributed by atoms with Gasteiger partial charge < -0.3 is 15.2 Å². The Hall–Kier alpha value is -1.22. The minimum absolute atomic E-state index is 0.378. The first-order chi connectivity index (χ1) is 7.24. The molecule has 0 radical (unpaired) electrons. The third-order valence-electron chi connectivity index (χ3n) is 3.05. The summed E-state index contributed by atoms with van der Waals surface area (Å²) in [7, 11) is 3.31. The summed E-state index contributed by atoms with van der Waals surface area (Å²) in [4.78, 5) is 0. The fourth-order valence-electron chi connectivity index (χ4n) is 2.04. The van der Waals surface area contributed by atoms with E-state index >= 15 is 0 Å². The number of nitrogens with two attached hydrogens (primary N) is 1. The molecule has 0 atom stereocenters. The highest BCUT2D eigenvalue weighted by molar-refractivity contribution is 5.44. The third-order valence-corrected chi connectivity index (χ3v) is 3.05. The van der Waals surface area contributed by atoms with E-state index in [4.69, 9.17) is 15.2 Å². The van der Waals surface area contributed by atoms with Gasteiger partial charge in [0.05, 0.1) is 14.2 Å². The van der Waals surface area contributed by atoms with Crippen LogP contribution in [0.25, 0.3) is 0 Å². The maximum absolute atomic E-state index is 5.78. The van der Waals surface area contributed by atoms with Crippen LogP contribution in [0.15, 0.2) is 18.2 Å². The molecule has 3 nitrogen and oxygen atoms in total. The summed E-state index contributed by atoms with van der Waals surface area (Å²) in [6.45, 7) is 0. The fraction of sp³-hybridized carbons (Fsp3) is 0.500.